The summed E-state index contributed by atoms with van der Waals surface area (Å²) in [5.41, 5.74) is 3.19. The molecule has 0 spiro atoms. The number of ether oxygens (including phenoxy) is 1. The van der Waals surface area contributed by atoms with E-state index in [1.807, 2.05) is 51.1 Å². The topological polar surface area (TPSA) is 85.8 Å². The average Bonchev–Trinajstić information content (AvgIpc) is 3.32. The van der Waals surface area contributed by atoms with Gasteiger partial charge in [-0.25, -0.2) is 0 Å². The third-order valence-corrected chi connectivity index (χ3v) is 5.86. The largest absolute Gasteiger partial charge is 0.494 e. The van der Waals surface area contributed by atoms with Gasteiger partial charge in [0.05, 0.1) is 23.6 Å². The summed E-state index contributed by atoms with van der Waals surface area (Å²) in [6.07, 6.45) is 0. The first-order valence-corrected chi connectivity index (χ1v) is 10.5. The van der Waals surface area contributed by atoms with Crippen LogP contribution in [-0.4, -0.2) is 17.7 Å². The van der Waals surface area contributed by atoms with Crippen molar-refractivity contribution >= 4 is 22.7 Å². The number of fused-ring (bicyclic) bond motifs is 2. The Labute approximate surface area is 184 Å². The lowest BCUT2D eigenvalue weighted by atomic mass is 9.97. The van der Waals surface area contributed by atoms with Crippen molar-refractivity contribution in [3.63, 3.8) is 0 Å². The Morgan fingerprint density at radius 2 is 1.75 bits per heavy atom. The fourth-order valence-electron chi connectivity index (χ4n) is 4.16. The number of aromatic nitrogens is 1. The Kier molecular flexibility index (Phi) is 4.62. The fraction of sp³-hybridized carbons (Fsp3) is 0.240. The van der Waals surface area contributed by atoms with Crippen molar-refractivity contribution in [2.24, 2.45) is 0 Å². The van der Waals surface area contributed by atoms with Crippen LogP contribution in [0.3, 0.4) is 0 Å². The summed E-state index contributed by atoms with van der Waals surface area (Å²) in [6, 6.07) is 11.9. The van der Waals surface area contributed by atoms with Crippen LogP contribution in [0.1, 0.15) is 51.5 Å². The van der Waals surface area contributed by atoms with Crippen LogP contribution >= 0.6 is 0 Å². The predicted octanol–water partition coefficient (Wildman–Crippen LogP) is 4.85. The molecule has 3 heterocycles. The number of rotatable bonds is 4. The zero-order chi connectivity index (χ0) is 22.6. The van der Waals surface area contributed by atoms with Crippen molar-refractivity contribution < 1.29 is 18.5 Å². The summed E-state index contributed by atoms with van der Waals surface area (Å²) in [6.45, 7) is 8.09. The average molecular weight is 430 g/mol. The van der Waals surface area contributed by atoms with Crippen LogP contribution in [0.2, 0.25) is 0 Å². The molecule has 0 fully saturated rings. The molecule has 2 aromatic heterocycles. The van der Waals surface area contributed by atoms with Crippen molar-refractivity contribution in [3.05, 3.63) is 86.5 Å². The molecule has 4 aromatic rings. The molecule has 0 radical (unpaired) electrons. The van der Waals surface area contributed by atoms with Gasteiger partial charge < -0.3 is 13.7 Å². The summed E-state index contributed by atoms with van der Waals surface area (Å²) in [4.78, 5) is 28.6. The van der Waals surface area contributed by atoms with Gasteiger partial charge in [-0.05, 0) is 68.7 Å². The van der Waals surface area contributed by atoms with Crippen LogP contribution in [-0.2, 0) is 0 Å². The number of nitrogens with zero attached hydrogens (tertiary/aromatic N) is 2. The van der Waals surface area contributed by atoms with Crippen LogP contribution in [0.5, 0.6) is 5.75 Å². The SMILES string of the molecule is CCOc1ccc(C2c3c(oc4cc(C)c(C)cc4c3=O)C(=O)N2c2cc(C)on2)cc1. The lowest BCUT2D eigenvalue weighted by Crippen LogP contribution is -2.29. The Hall–Kier alpha value is -3.87. The van der Waals surface area contributed by atoms with Crippen LogP contribution in [0.25, 0.3) is 11.0 Å². The van der Waals surface area contributed by atoms with Crippen molar-refractivity contribution in [1.29, 1.82) is 0 Å². The third-order valence-electron chi connectivity index (χ3n) is 5.86. The molecule has 0 bridgehead atoms. The van der Waals surface area contributed by atoms with Crippen molar-refractivity contribution in [2.75, 3.05) is 11.5 Å². The molecule has 5 rings (SSSR count). The van der Waals surface area contributed by atoms with Gasteiger partial charge in [0.15, 0.2) is 11.2 Å². The molecular formula is C25H22N2O5. The van der Waals surface area contributed by atoms with Gasteiger partial charge in [-0.3, -0.25) is 14.5 Å². The standard InChI is InChI=1S/C25H22N2O5/c1-5-30-17-8-6-16(7-9-17)22-21-23(28)18-10-13(2)14(3)11-19(18)31-24(21)25(29)27(22)20-12-15(4)32-26-20/h6-12,22H,5H2,1-4H3. The summed E-state index contributed by atoms with van der Waals surface area (Å²) in [5.74, 6) is 1.20. The summed E-state index contributed by atoms with van der Waals surface area (Å²) >= 11 is 0. The van der Waals surface area contributed by atoms with Gasteiger partial charge >= 0.3 is 0 Å². The minimum absolute atomic E-state index is 0.0327. The molecule has 0 saturated carbocycles. The number of aryl methyl sites for hydroxylation is 3. The van der Waals surface area contributed by atoms with Gasteiger partial charge in [0.1, 0.15) is 17.1 Å². The first kappa shape index (κ1) is 20.1. The summed E-state index contributed by atoms with van der Waals surface area (Å²) < 4.78 is 16.8. The van der Waals surface area contributed by atoms with Gasteiger partial charge in [-0.1, -0.05) is 17.3 Å². The summed E-state index contributed by atoms with van der Waals surface area (Å²) in [7, 11) is 0. The first-order chi connectivity index (χ1) is 15.4. The second kappa shape index (κ2) is 7.37. The minimum atomic E-state index is -0.695. The van der Waals surface area contributed by atoms with Crippen molar-refractivity contribution in [1.82, 2.24) is 5.16 Å². The van der Waals surface area contributed by atoms with E-state index in [2.05, 4.69) is 5.16 Å². The van der Waals surface area contributed by atoms with Gasteiger partial charge in [0.2, 0.25) is 5.76 Å². The van der Waals surface area contributed by atoms with Crippen LogP contribution in [0.4, 0.5) is 5.82 Å². The van der Waals surface area contributed by atoms with E-state index in [0.29, 0.717) is 40.5 Å². The molecule has 7 nitrogen and oxygen atoms in total. The van der Waals surface area contributed by atoms with Crippen LogP contribution in [0, 0.1) is 20.8 Å². The number of carbonyl (C=O) groups excluding carboxylic acids is 1. The molecule has 0 aliphatic carbocycles. The Morgan fingerprint density at radius 1 is 1.03 bits per heavy atom. The molecule has 1 atom stereocenters. The smallest absolute Gasteiger partial charge is 0.296 e. The van der Waals surface area contributed by atoms with E-state index in [0.717, 1.165) is 16.7 Å². The summed E-state index contributed by atoms with van der Waals surface area (Å²) in [5, 5.41) is 4.50. The molecular weight excluding hydrogens is 408 g/mol. The fourth-order valence-corrected chi connectivity index (χ4v) is 4.16. The number of carbonyl (C=O) groups is 1. The first-order valence-electron chi connectivity index (χ1n) is 10.5. The Morgan fingerprint density at radius 3 is 2.41 bits per heavy atom. The lowest BCUT2D eigenvalue weighted by Gasteiger charge is -2.22. The maximum absolute atomic E-state index is 13.7. The molecule has 2 aromatic carbocycles. The molecule has 162 valence electrons. The molecule has 1 aliphatic heterocycles. The Bertz CT molecular complexity index is 1420. The molecule has 0 N–H and O–H groups in total. The molecule has 1 amide bonds. The van der Waals surface area contributed by atoms with E-state index in [9.17, 15) is 9.59 Å². The highest BCUT2D eigenvalue weighted by Crippen LogP contribution is 2.41. The number of benzene rings is 2. The minimum Gasteiger partial charge on any atom is -0.494 e. The van der Waals surface area contributed by atoms with E-state index < -0.39 is 11.9 Å². The number of hydrogen-bond acceptors (Lipinski definition) is 6. The van der Waals surface area contributed by atoms with Crippen LogP contribution in [0.15, 0.2) is 56.2 Å². The zero-order valence-electron chi connectivity index (χ0n) is 18.3. The number of anilines is 1. The van der Waals surface area contributed by atoms with E-state index in [1.54, 1.807) is 19.1 Å². The van der Waals surface area contributed by atoms with Gasteiger partial charge in [0.25, 0.3) is 5.91 Å². The normalized spacial score (nSPS) is 15.4. The molecule has 7 heteroatoms. The molecule has 0 saturated heterocycles. The highest BCUT2D eigenvalue weighted by atomic mass is 16.5. The molecule has 1 aliphatic rings. The monoisotopic (exact) mass is 430 g/mol. The molecule has 1 unspecified atom stereocenters. The van der Waals surface area contributed by atoms with E-state index in [4.69, 9.17) is 13.7 Å². The van der Waals surface area contributed by atoms with E-state index in [1.165, 1.54) is 4.90 Å². The van der Waals surface area contributed by atoms with Crippen LogP contribution < -0.4 is 15.1 Å². The maximum atomic E-state index is 13.7. The quantitative estimate of drug-likeness (QED) is 0.460. The second-order valence-corrected chi connectivity index (χ2v) is 7.98. The van der Waals surface area contributed by atoms with E-state index in [-0.39, 0.29) is 11.2 Å². The van der Waals surface area contributed by atoms with Gasteiger partial charge in [-0.2, -0.15) is 0 Å². The highest BCUT2D eigenvalue weighted by Gasteiger charge is 2.44. The second-order valence-electron chi connectivity index (χ2n) is 7.98. The van der Waals surface area contributed by atoms with Crippen molar-refractivity contribution in [2.45, 2.75) is 33.7 Å². The molecule has 32 heavy (non-hydrogen) atoms. The van der Waals surface area contributed by atoms with Gasteiger partial charge in [-0.15, -0.1) is 0 Å². The lowest BCUT2D eigenvalue weighted by molar-refractivity contribution is 0.0969. The highest BCUT2D eigenvalue weighted by molar-refractivity contribution is 6.10. The van der Waals surface area contributed by atoms with E-state index >= 15 is 0 Å². The zero-order valence-corrected chi connectivity index (χ0v) is 18.3. The Balaban J connectivity index is 1.77. The number of hydrogen-bond donors (Lipinski definition) is 0. The van der Waals surface area contributed by atoms with Crippen molar-refractivity contribution in [3.8, 4) is 5.75 Å². The third kappa shape index (κ3) is 3.00. The maximum Gasteiger partial charge on any atom is 0.296 e. The van der Waals surface area contributed by atoms with Gasteiger partial charge in [0, 0.05) is 6.07 Å². The number of amides is 1. The predicted molar refractivity (Wildman–Crippen MR) is 119 cm³/mol.